The molecule has 0 aliphatic rings. The Balaban J connectivity index is 2.55. The van der Waals surface area contributed by atoms with E-state index in [2.05, 4.69) is 19.6 Å². The highest BCUT2D eigenvalue weighted by Crippen LogP contribution is 2.22. The summed E-state index contributed by atoms with van der Waals surface area (Å²) in [5.74, 6) is -0.881. The van der Waals surface area contributed by atoms with E-state index in [0.29, 0.717) is 0 Å². The molecule has 2 aromatic rings. The van der Waals surface area contributed by atoms with Crippen LogP contribution in [0.2, 0.25) is 5.02 Å². The second-order valence-corrected chi connectivity index (χ2v) is 3.86. The van der Waals surface area contributed by atoms with Gasteiger partial charge in [0.05, 0.1) is 12.1 Å². The van der Waals surface area contributed by atoms with Gasteiger partial charge in [-0.25, -0.2) is 19.3 Å². The van der Waals surface area contributed by atoms with E-state index in [1.165, 1.54) is 13.3 Å². The summed E-state index contributed by atoms with van der Waals surface area (Å²) < 4.78 is 10.0. The second-order valence-electron chi connectivity index (χ2n) is 3.45. The van der Waals surface area contributed by atoms with Crippen molar-refractivity contribution in [3.8, 4) is 11.7 Å². The monoisotopic (exact) mass is 297 g/mol. The van der Waals surface area contributed by atoms with Crippen molar-refractivity contribution in [3.05, 3.63) is 35.1 Å². The van der Waals surface area contributed by atoms with E-state index in [1.54, 1.807) is 12.1 Å². The first-order valence-corrected chi connectivity index (χ1v) is 5.60. The number of aromatic nitrogens is 3. The smallest absolute Gasteiger partial charge is 0.464 e. The van der Waals surface area contributed by atoms with Crippen LogP contribution in [0.4, 0.5) is 4.79 Å². The average Bonchev–Trinajstić information content (AvgIpc) is 2.81. The minimum Gasteiger partial charge on any atom is -0.464 e. The maximum absolute atomic E-state index is 11.7. The van der Waals surface area contributed by atoms with E-state index >= 15 is 0 Å². The Morgan fingerprint density at radius 2 is 2.20 bits per heavy atom. The average molecular weight is 298 g/mol. The number of carbonyl (C=O) groups is 2. The number of ether oxygens (including phenoxy) is 2. The first-order chi connectivity index (χ1) is 9.52. The van der Waals surface area contributed by atoms with Crippen LogP contribution < -0.4 is 4.74 Å². The van der Waals surface area contributed by atoms with Gasteiger partial charge in [-0.15, -0.1) is 5.10 Å². The predicted octanol–water partition coefficient (Wildman–Crippen LogP) is 1.76. The number of carbonyl (C=O) groups excluding carboxylic acids is 1. The maximum Gasteiger partial charge on any atom is 0.512 e. The van der Waals surface area contributed by atoms with Crippen LogP contribution in [-0.4, -0.2) is 39.1 Å². The Bertz CT molecular complexity index is 670. The van der Waals surface area contributed by atoms with Crippen LogP contribution in [0.5, 0.6) is 5.88 Å². The number of pyridine rings is 1. The van der Waals surface area contributed by atoms with Crippen molar-refractivity contribution in [1.29, 1.82) is 0 Å². The molecule has 0 atom stereocenters. The minimum absolute atomic E-state index is 0.0654. The topological polar surface area (TPSA) is 104 Å². The molecule has 104 valence electrons. The predicted molar refractivity (Wildman–Crippen MR) is 66.4 cm³/mol. The molecule has 0 unspecified atom stereocenters. The molecule has 0 saturated heterocycles. The summed E-state index contributed by atoms with van der Waals surface area (Å²) in [6.07, 6.45) is -0.111. The summed E-state index contributed by atoms with van der Waals surface area (Å²) in [6.45, 7) is 0. The number of esters is 1. The molecule has 0 saturated carbocycles. The molecule has 2 heterocycles. The van der Waals surface area contributed by atoms with Crippen molar-refractivity contribution in [3.63, 3.8) is 0 Å². The molecule has 0 bridgehead atoms. The Kier molecular flexibility index (Phi) is 3.85. The van der Waals surface area contributed by atoms with Gasteiger partial charge in [0.15, 0.2) is 11.5 Å². The van der Waals surface area contributed by atoms with Crippen molar-refractivity contribution < 1.29 is 24.2 Å². The lowest BCUT2D eigenvalue weighted by Crippen LogP contribution is -2.11. The van der Waals surface area contributed by atoms with Crippen LogP contribution in [0.1, 0.15) is 10.5 Å². The quantitative estimate of drug-likeness (QED) is 0.861. The highest BCUT2D eigenvalue weighted by Gasteiger charge is 2.21. The van der Waals surface area contributed by atoms with Gasteiger partial charge in [-0.2, -0.15) is 0 Å². The maximum atomic E-state index is 11.7. The molecule has 0 amide bonds. The van der Waals surface area contributed by atoms with Gasteiger partial charge in [0.25, 0.3) is 0 Å². The molecule has 0 aliphatic heterocycles. The number of halogens is 1. The van der Waals surface area contributed by atoms with Crippen molar-refractivity contribution in [2.75, 3.05) is 7.11 Å². The molecule has 9 heteroatoms. The number of hydrogen-bond acceptors (Lipinski definition) is 6. The molecule has 1 N–H and O–H groups in total. The van der Waals surface area contributed by atoms with Crippen molar-refractivity contribution >= 4 is 23.7 Å². The first-order valence-electron chi connectivity index (χ1n) is 5.23. The molecule has 8 nitrogen and oxygen atoms in total. The molecular weight excluding hydrogens is 290 g/mol. The van der Waals surface area contributed by atoms with Gasteiger partial charge in [0, 0.05) is 12.3 Å². The van der Waals surface area contributed by atoms with Crippen LogP contribution in [0.15, 0.2) is 24.4 Å². The zero-order chi connectivity index (χ0) is 14.7. The van der Waals surface area contributed by atoms with E-state index < -0.39 is 12.1 Å². The summed E-state index contributed by atoms with van der Waals surface area (Å²) in [6, 6.07) is 4.26. The van der Waals surface area contributed by atoms with Crippen LogP contribution in [-0.2, 0) is 4.74 Å². The van der Waals surface area contributed by atoms with Gasteiger partial charge in [0.2, 0.25) is 5.88 Å². The lowest BCUT2D eigenvalue weighted by atomic mass is 10.4. The van der Waals surface area contributed by atoms with Gasteiger partial charge in [0.1, 0.15) is 0 Å². The molecule has 2 aromatic heterocycles. The number of carboxylic acid groups (broad SMARTS) is 1. The number of nitrogens with zero attached hydrogens (tertiary/aromatic N) is 3. The van der Waals surface area contributed by atoms with Crippen LogP contribution in [0.3, 0.4) is 0 Å². The van der Waals surface area contributed by atoms with Crippen LogP contribution >= 0.6 is 11.6 Å². The Morgan fingerprint density at radius 3 is 2.80 bits per heavy atom. The standard InChI is InChI=1S/C11H8ClN3O5/c1-19-10(16)7-5-8(20-11(17)18)14-15(7)9-6(12)3-2-4-13-9/h2-5H,1H3,(H,17,18). The van der Waals surface area contributed by atoms with Gasteiger partial charge in [-0.3, -0.25) is 0 Å². The third kappa shape index (κ3) is 2.69. The summed E-state index contributed by atoms with van der Waals surface area (Å²) in [5, 5.41) is 12.6. The molecule has 2 rings (SSSR count). The lowest BCUT2D eigenvalue weighted by Gasteiger charge is -2.05. The van der Waals surface area contributed by atoms with Gasteiger partial charge in [-0.1, -0.05) is 11.6 Å². The fourth-order valence-corrected chi connectivity index (χ4v) is 1.64. The van der Waals surface area contributed by atoms with Crippen molar-refractivity contribution in [1.82, 2.24) is 14.8 Å². The fraction of sp³-hybridized carbons (Fsp3) is 0.0909. The molecular formula is C11H8ClN3O5. The van der Waals surface area contributed by atoms with E-state index in [9.17, 15) is 9.59 Å². The molecule has 0 aliphatic carbocycles. The van der Waals surface area contributed by atoms with Crippen LogP contribution in [0.25, 0.3) is 5.82 Å². The molecule has 0 spiro atoms. The van der Waals surface area contributed by atoms with Gasteiger partial charge >= 0.3 is 12.1 Å². The van der Waals surface area contributed by atoms with E-state index in [4.69, 9.17) is 16.7 Å². The number of rotatable bonds is 3. The van der Waals surface area contributed by atoms with E-state index in [1.807, 2.05) is 0 Å². The first kappa shape index (κ1) is 13.8. The molecule has 0 radical (unpaired) electrons. The largest absolute Gasteiger partial charge is 0.512 e. The van der Waals surface area contributed by atoms with Gasteiger partial charge < -0.3 is 14.6 Å². The molecule has 0 fully saturated rings. The lowest BCUT2D eigenvalue weighted by molar-refractivity contribution is 0.0590. The summed E-state index contributed by atoms with van der Waals surface area (Å²) in [5.41, 5.74) is -0.0654. The SMILES string of the molecule is COC(=O)c1cc(OC(=O)O)nn1-c1ncccc1Cl. The highest BCUT2D eigenvalue weighted by molar-refractivity contribution is 6.32. The number of hydrogen-bond donors (Lipinski definition) is 1. The summed E-state index contributed by atoms with van der Waals surface area (Å²) >= 11 is 5.96. The molecule has 0 aromatic carbocycles. The zero-order valence-electron chi connectivity index (χ0n) is 10.1. The van der Waals surface area contributed by atoms with Crippen LogP contribution in [0, 0.1) is 0 Å². The second kappa shape index (κ2) is 5.57. The zero-order valence-corrected chi connectivity index (χ0v) is 10.9. The van der Waals surface area contributed by atoms with Gasteiger partial charge in [-0.05, 0) is 12.1 Å². The third-order valence-electron chi connectivity index (χ3n) is 2.21. The third-order valence-corrected chi connectivity index (χ3v) is 2.51. The normalized spacial score (nSPS) is 10.1. The minimum atomic E-state index is -1.56. The van der Waals surface area contributed by atoms with E-state index in [-0.39, 0.29) is 22.4 Å². The van der Waals surface area contributed by atoms with Crippen molar-refractivity contribution in [2.24, 2.45) is 0 Å². The molecule has 20 heavy (non-hydrogen) atoms. The summed E-state index contributed by atoms with van der Waals surface area (Å²) in [7, 11) is 1.18. The summed E-state index contributed by atoms with van der Waals surface area (Å²) in [4.78, 5) is 26.1. The highest BCUT2D eigenvalue weighted by atomic mass is 35.5. The fourth-order valence-electron chi connectivity index (χ4n) is 1.44. The Hall–Kier alpha value is -2.61. The number of methoxy groups -OCH3 is 1. The van der Waals surface area contributed by atoms with Crippen molar-refractivity contribution in [2.45, 2.75) is 0 Å². The Labute approximate surface area is 117 Å². The Morgan fingerprint density at radius 1 is 1.45 bits per heavy atom. The van der Waals surface area contributed by atoms with E-state index in [0.717, 1.165) is 10.7 Å².